The second-order valence-electron chi connectivity index (χ2n) is 7.35. The van der Waals surface area contributed by atoms with Gasteiger partial charge in [0.05, 0.1) is 10.5 Å². The van der Waals surface area contributed by atoms with Crippen LogP contribution < -0.4 is 16.2 Å². The van der Waals surface area contributed by atoms with Gasteiger partial charge in [0, 0.05) is 23.9 Å². The molecule has 0 fully saturated rings. The number of aryl methyl sites for hydroxylation is 1. The van der Waals surface area contributed by atoms with E-state index >= 15 is 0 Å². The van der Waals surface area contributed by atoms with Gasteiger partial charge in [-0.1, -0.05) is 0 Å². The smallest absolute Gasteiger partial charge is 0.316 e. The lowest BCUT2D eigenvalue weighted by Gasteiger charge is -2.14. The third-order valence-electron chi connectivity index (χ3n) is 4.85. The molecule has 0 atom stereocenters. The van der Waals surface area contributed by atoms with Crippen molar-refractivity contribution < 1.29 is 14.7 Å². The molecule has 2 aromatic rings. The van der Waals surface area contributed by atoms with Crippen LogP contribution in [0.2, 0.25) is 0 Å². The quantitative estimate of drug-likeness (QED) is 0.564. The van der Waals surface area contributed by atoms with E-state index in [9.17, 15) is 14.7 Å². The molecule has 1 aromatic heterocycles. The molecule has 0 spiro atoms. The summed E-state index contributed by atoms with van der Waals surface area (Å²) in [5.41, 5.74) is 9.37. The molecule has 7 nitrogen and oxygen atoms in total. The number of ketones is 1. The molecular formula is C19H24N4O3S2. The van der Waals surface area contributed by atoms with Crippen LogP contribution in [0.15, 0.2) is 16.6 Å². The molecule has 0 saturated heterocycles. The molecule has 28 heavy (non-hydrogen) atoms. The van der Waals surface area contributed by atoms with Gasteiger partial charge in [-0.05, 0) is 74.2 Å². The fraction of sp³-hybridized carbons (Fsp3) is 0.421. The summed E-state index contributed by atoms with van der Waals surface area (Å²) in [5, 5.41) is 17.5. The molecule has 0 radical (unpaired) electrons. The van der Waals surface area contributed by atoms with E-state index in [-0.39, 0.29) is 5.78 Å². The Kier molecular flexibility index (Phi) is 6.09. The van der Waals surface area contributed by atoms with Crippen molar-refractivity contribution in [2.45, 2.75) is 55.9 Å². The lowest BCUT2D eigenvalue weighted by molar-refractivity contribution is 0.0823. The monoisotopic (exact) mass is 420 g/mol. The van der Waals surface area contributed by atoms with Crippen LogP contribution in [0.25, 0.3) is 0 Å². The van der Waals surface area contributed by atoms with Crippen molar-refractivity contribution >= 4 is 40.8 Å². The predicted octanol–water partition coefficient (Wildman–Crippen LogP) is 3.13. The summed E-state index contributed by atoms with van der Waals surface area (Å²) in [6.45, 7) is 3.46. The number of carbonyl (C=O) groups is 2. The maximum absolute atomic E-state index is 11.8. The second kappa shape index (κ2) is 8.20. The van der Waals surface area contributed by atoms with Crippen LogP contribution in [0, 0.1) is 0 Å². The number of benzene rings is 1. The summed E-state index contributed by atoms with van der Waals surface area (Å²) in [6.07, 6.45) is 5.96. The van der Waals surface area contributed by atoms with Crippen LogP contribution in [0.3, 0.4) is 0 Å². The van der Waals surface area contributed by atoms with E-state index in [0.29, 0.717) is 6.42 Å². The van der Waals surface area contributed by atoms with Crippen molar-refractivity contribution in [1.29, 1.82) is 0 Å². The number of nitrogens with zero attached hydrogens (tertiary/aromatic N) is 1. The molecule has 150 valence electrons. The Hall–Kier alpha value is -1.94. The zero-order valence-corrected chi connectivity index (χ0v) is 17.5. The number of fused-ring (bicyclic) bond motifs is 2. The normalized spacial score (nSPS) is 14.9. The van der Waals surface area contributed by atoms with Gasteiger partial charge in [-0.15, -0.1) is 11.3 Å². The molecule has 0 aliphatic heterocycles. The summed E-state index contributed by atoms with van der Waals surface area (Å²) in [6, 6.07) is 1.46. The summed E-state index contributed by atoms with van der Waals surface area (Å²) in [5.74, 6) is 0.183. The average Bonchev–Trinajstić information content (AvgIpc) is 3.34. The van der Waals surface area contributed by atoms with E-state index in [0.717, 1.165) is 63.7 Å². The number of urea groups is 1. The second-order valence-corrected chi connectivity index (χ2v) is 9.26. The number of primary amides is 1. The third kappa shape index (κ3) is 4.38. The summed E-state index contributed by atoms with van der Waals surface area (Å²) >= 11 is 2.52. The Labute approximate surface area is 172 Å². The van der Waals surface area contributed by atoms with Gasteiger partial charge in [0.25, 0.3) is 0 Å². The molecule has 1 aromatic carbocycles. The van der Waals surface area contributed by atoms with Gasteiger partial charge >= 0.3 is 6.03 Å². The number of hydrogen-bond acceptors (Lipinski definition) is 7. The number of hydrogen-bond donors (Lipinski definition) is 4. The zero-order chi connectivity index (χ0) is 20.5. The first-order chi connectivity index (χ1) is 13.2. The van der Waals surface area contributed by atoms with Gasteiger partial charge < -0.3 is 16.2 Å². The molecule has 1 heterocycles. The van der Waals surface area contributed by atoms with E-state index < -0.39 is 11.6 Å². The summed E-state index contributed by atoms with van der Waals surface area (Å²) in [4.78, 5) is 27.7. The fourth-order valence-electron chi connectivity index (χ4n) is 3.54. The van der Waals surface area contributed by atoms with Crippen LogP contribution in [0.1, 0.15) is 58.6 Å². The van der Waals surface area contributed by atoms with Crippen molar-refractivity contribution in [3.63, 3.8) is 0 Å². The molecule has 0 unspecified atom stereocenters. The van der Waals surface area contributed by atoms with E-state index in [4.69, 9.17) is 10.9 Å². The maximum atomic E-state index is 11.8. The summed E-state index contributed by atoms with van der Waals surface area (Å²) in [7, 11) is 0. The number of nitrogens with two attached hydrogens (primary N) is 2. The van der Waals surface area contributed by atoms with Gasteiger partial charge in [-0.2, -0.15) is 0 Å². The van der Waals surface area contributed by atoms with Gasteiger partial charge in [0.1, 0.15) is 0 Å². The number of Topliss-reactive ketones (excluding diaryl/α,β-unsaturated/α-hetero) is 1. The van der Waals surface area contributed by atoms with E-state index in [1.54, 1.807) is 20.0 Å². The SMILES string of the molecule is CC(C)(O)c1cnc(SN)s1.NC(=O)Nc1c2c(cc3c1CCC3=O)CCC2. The number of anilines is 1. The highest BCUT2D eigenvalue weighted by Crippen LogP contribution is 2.38. The zero-order valence-electron chi connectivity index (χ0n) is 15.9. The number of carbonyl (C=O) groups excluding carboxylic acids is 2. The van der Waals surface area contributed by atoms with E-state index in [2.05, 4.69) is 10.3 Å². The minimum absolute atomic E-state index is 0.183. The fourth-order valence-corrected chi connectivity index (χ4v) is 4.77. The Morgan fingerprint density at radius 1 is 1.29 bits per heavy atom. The van der Waals surface area contributed by atoms with Crippen LogP contribution in [-0.2, 0) is 24.9 Å². The largest absolute Gasteiger partial charge is 0.385 e. The number of rotatable bonds is 3. The Morgan fingerprint density at radius 2 is 2.04 bits per heavy atom. The summed E-state index contributed by atoms with van der Waals surface area (Å²) < 4.78 is 0.780. The standard InChI is InChI=1S/C13H14N2O2.C6H10N2OS2/c14-13(17)15-12-8-3-1-2-7(8)6-10-9(12)4-5-11(10)16;1-6(2,9)4-3-8-5(10-4)11-7/h6H,1-5H2,(H3,14,15,17);3,9H,7H2,1-2H3. The van der Waals surface area contributed by atoms with Crippen molar-refractivity contribution in [2.24, 2.45) is 10.9 Å². The molecule has 0 saturated carbocycles. The molecule has 4 rings (SSSR count). The highest BCUT2D eigenvalue weighted by molar-refractivity contribution is 7.98. The van der Waals surface area contributed by atoms with Crippen molar-refractivity contribution in [2.75, 3.05) is 5.32 Å². The molecular weight excluding hydrogens is 396 g/mol. The average molecular weight is 421 g/mol. The minimum atomic E-state index is -0.800. The van der Waals surface area contributed by atoms with Crippen molar-refractivity contribution in [3.8, 4) is 0 Å². The molecule has 2 amide bonds. The van der Waals surface area contributed by atoms with Crippen molar-refractivity contribution in [1.82, 2.24) is 4.98 Å². The number of aromatic nitrogens is 1. The Morgan fingerprint density at radius 3 is 2.61 bits per heavy atom. The van der Waals surface area contributed by atoms with Crippen LogP contribution in [0.5, 0.6) is 0 Å². The van der Waals surface area contributed by atoms with Gasteiger partial charge in [0.15, 0.2) is 10.1 Å². The van der Waals surface area contributed by atoms with Crippen LogP contribution in [-0.4, -0.2) is 21.9 Å². The molecule has 9 heteroatoms. The highest BCUT2D eigenvalue weighted by atomic mass is 32.2. The number of nitrogens with one attached hydrogen (secondary N) is 1. The number of thiazole rings is 1. The highest BCUT2D eigenvalue weighted by Gasteiger charge is 2.28. The molecule has 2 aliphatic rings. The maximum Gasteiger partial charge on any atom is 0.316 e. The number of amides is 2. The third-order valence-corrected chi connectivity index (χ3v) is 6.80. The molecule has 2 aliphatic carbocycles. The lowest BCUT2D eigenvalue weighted by atomic mass is 9.98. The Balaban J connectivity index is 0.000000178. The van der Waals surface area contributed by atoms with Gasteiger partial charge in [0.2, 0.25) is 0 Å². The molecule has 0 bridgehead atoms. The minimum Gasteiger partial charge on any atom is -0.385 e. The first kappa shape index (κ1) is 20.8. The van der Waals surface area contributed by atoms with Gasteiger partial charge in [-0.25, -0.2) is 9.78 Å². The predicted molar refractivity (Wildman–Crippen MR) is 112 cm³/mol. The van der Waals surface area contributed by atoms with E-state index in [1.807, 2.05) is 6.07 Å². The van der Waals surface area contributed by atoms with Crippen LogP contribution in [0.4, 0.5) is 10.5 Å². The number of aliphatic hydroxyl groups is 1. The lowest BCUT2D eigenvalue weighted by Crippen LogP contribution is -2.21. The first-order valence-electron chi connectivity index (χ1n) is 9.03. The topological polar surface area (TPSA) is 131 Å². The Bertz CT molecular complexity index is 919. The first-order valence-corrected chi connectivity index (χ1v) is 10.7. The van der Waals surface area contributed by atoms with Crippen LogP contribution >= 0.6 is 23.3 Å². The molecule has 6 N–H and O–H groups in total. The van der Waals surface area contributed by atoms with Crippen molar-refractivity contribution in [3.05, 3.63) is 39.4 Å². The van der Waals surface area contributed by atoms with E-state index in [1.165, 1.54) is 22.5 Å². The van der Waals surface area contributed by atoms with Gasteiger partial charge in [-0.3, -0.25) is 9.93 Å².